The van der Waals surface area contributed by atoms with Crippen molar-refractivity contribution in [1.82, 2.24) is 10.6 Å². The van der Waals surface area contributed by atoms with E-state index in [1.807, 2.05) is 7.05 Å². The number of halogens is 2. The van der Waals surface area contributed by atoms with Gasteiger partial charge in [0.2, 0.25) is 0 Å². The van der Waals surface area contributed by atoms with Crippen molar-refractivity contribution in [2.24, 2.45) is 4.99 Å². The van der Waals surface area contributed by atoms with Crippen molar-refractivity contribution in [3.63, 3.8) is 0 Å². The van der Waals surface area contributed by atoms with Crippen LogP contribution in [0.2, 0.25) is 0 Å². The van der Waals surface area contributed by atoms with Gasteiger partial charge in [0.25, 0.3) is 0 Å². The summed E-state index contributed by atoms with van der Waals surface area (Å²) in [5.41, 5.74) is 3.92. The van der Waals surface area contributed by atoms with E-state index in [1.54, 1.807) is 7.11 Å². The van der Waals surface area contributed by atoms with Crippen LogP contribution < -0.4 is 16.0 Å². The third-order valence-electron chi connectivity index (χ3n) is 5.17. The standard InChI is InChI=1S/C22H29BrN4O.HI/c1-24-21(26-15-17-7-9-18(10-8-17)25-13-14-28-2)27-16-22(11-12-22)19-5-3-4-6-20(19)23;/h3-10,25H,11-16H2,1-2H3,(H2,24,26,27);1H. The van der Waals surface area contributed by atoms with Crippen LogP contribution in [-0.4, -0.2) is 39.8 Å². The molecule has 1 fully saturated rings. The maximum absolute atomic E-state index is 5.06. The Balaban J connectivity index is 0.00000300. The lowest BCUT2D eigenvalue weighted by atomic mass is 9.96. The Bertz CT molecular complexity index is 794. The summed E-state index contributed by atoms with van der Waals surface area (Å²) in [6, 6.07) is 17.0. The fourth-order valence-electron chi connectivity index (χ4n) is 3.28. The number of hydrogen-bond donors (Lipinski definition) is 3. The Morgan fingerprint density at radius 2 is 1.83 bits per heavy atom. The molecule has 2 aromatic rings. The number of aliphatic imine (C=N–C) groups is 1. The lowest BCUT2D eigenvalue weighted by molar-refractivity contribution is 0.211. The van der Waals surface area contributed by atoms with Crippen LogP contribution in [-0.2, 0) is 16.7 Å². The molecular formula is C22H30BrIN4O. The second-order valence-electron chi connectivity index (χ2n) is 7.16. The summed E-state index contributed by atoms with van der Waals surface area (Å²) in [4.78, 5) is 4.37. The van der Waals surface area contributed by atoms with E-state index in [1.165, 1.54) is 28.4 Å². The quantitative estimate of drug-likeness (QED) is 0.179. The minimum absolute atomic E-state index is 0. The van der Waals surface area contributed by atoms with Gasteiger partial charge < -0.3 is 20.7 Å². The predicted molar refractivity (Wildman–Crippen MR) is 135 cm³/mol. The van der Waals surface area contributed by atoms with Gasteiger partial charge in [0.1, 0.15) is 0 Å². The molecule has 29 heavy (non-hydrogen) atoms. The Hall–Kier alpha value is -1.32. The maximum atomic E-state index is 5.06. The van der Waals surface area contributed by atoms with Crippen molar-refractivity contribution in [3.05, 3.63) is 64.1 Å². The fraction of sp³-hybridized carbons (Fsp3) is 0.409. The first-order valence-electron chi connectivity index (χ1n) is 9.68. The van der Waals surface area contributed by atoms with Gasteiger partial charge in [-0.2, -0.15) is 0 Å². The highest BCUT2D eigenvalue weighted by atomic mass is 127. The van der Waals surface area contributed by atoms with E-state index in [2.05, 4.69) is 85.4 Å². The third-order valence-corrected chi connectivity index (χ3v) is 5.86. The largest absolute Gasteiger partial charge is 0.383 e. The molecule has 2 aromatic carbocycles. The monoisotopic (exact) mass is 572 g/mol. The molecule has 7 heteroatoms. The summed E-state index contributed by atoms with van der Waals surface area (Å²) in [7, 11) is 3.53. The van der Waals surface area contributed by atoms with Crippen LogP contribution in [0.25, 0.3) is 0 Å². The van der Waals surface area contributed by atoms with Gasteiger partial charge >= 0.3 is 0 Å². The highest BCUT2D eigenvalue weighted by Gasteiger charge is 2.45. The molecule has 0 radical (unpaired) electrons. The molecule has 3 rings (SSSR count). The Morgan fingerprint density at radius 3 is 2.45 bits per heavy atom. The minimum atomic E-state index is 0. The minimum Gasteiger partial charge on any atom is -0.383 e. The average Bonchev–Trinajstić information content (AvgIpc) is 3.50. The smallest absolute Gasteiger partial charge is 0.191 e. The molecule has 1 saturated carbocycles. The molecular weight excluding hydrogens is 543 g/mol. The first-order chi connectivity index (χ1) is 13.7. The Morgan fingerprint density at radius 1 is 1.10 bits per heavy atom. The van der Waals surface area contributed by atoms with Crippen LogP contribution in [0.3, 0.4) is 0 Å². The van der Waals surface area contributed by atoms with Crippen molar-refractivity contribution in [2.75, 3.05) is 39.2 Å². The van der Waals surface area contributed by atoms with Gasteiger partial charge in [-0.15, -0.1) is 24.0 Å². The fourth-order valence-corrected chi connectivity index (χ4v) is 3.99. The number of methoxy groups -OCH3 is 1. The number of benzene rings is 2. The summed E-state index contributed by atoms with van der Waals surface area (Å²) in [5.74, 6) is 0.834. The zero-order valence-electron chi connectivity index (χ0n) is 17.0. The van der Waals surface area contributed by atoms with Gasteiger partial charge in [-0.25, -0.2) is 0 Å². The van der Waals surface area contributed by atoms with Crippen molar-refractivity contribution >= 4 is 51.6 Å². The normalized spacial score (nSPS) is 14.7. The first kappa shape index (κ1) is 24.0. The number of nitrogens with zero attached hydrogens (tertiary/aromatic N) is 1. The van der Waals surface area contributed by atoms with Crippen LogP contribution in [0.4, 0.5) is 5.69 Å². The van der Waals surface area contributed by atoms with E-state index >= 15 is 0 Å². The summed E-state index contributed by atoms with van der Waals surface area (Å²) in [6.07, 6.45) is 2.41. The van der Waals surface area contributed by atoms with Gasteiger partial charge in [0, 0.05) is 49.4 Å². The Labute approximate surface area is 199 Å². The molecule has 3 N–H and O–H groups in total. The molecule has 0 heterocycles. The molecule has 0 atom stereocenters. The molecule has 0 aliphatic heterocycles. The van der Waals surface area contributed by atoms with Crippen molar-refractivity contribution in [1.29, 1.82) is 0 Å². The number of guanidine groups is 1. The van der Waals surface area contributed by atoms with Gasteiger partial charge in [0.15, 0.2) is 5.96 Å². The number of nitrogens with one attached hydrogen (secondary N) is 3. The van der Waals surface area contributed by atoms with Crippen LogP contribution >= 0.6 is 39.9 Å². The highest BCUT2D eigenvalue weighted by molar-refractivity contribution is 14.0. The molecule has 0 unspecified atom stereocenters. The number of anilines is 1. The molecule has 158 valence electrons. The summed E-state index contributed by atoms with van der Waals surface area (Å²) >= 11 is 3.70. The van der Waals surface area contributed by atoms with Crippen LogP contribution in [0.5, 0.6) is 0 Å². The van der Waals surface area contributed by atoms with E-state index < -0.39 is 0 Å². The Kier molecular flexibility index (Phi) is 9.71. The van der Waals surface area contributed by atoms with Crippen molar-refractivity contribution in [2.45, 2.75) is 24.8 Å². The lowest BCUT2D eigenvalue weighted by Gasteiger charge is -2.20. The van der Waals surface area contributed by atoms with Crippen molar-refractivity contribution in [3.8, 4) is 0 Å². The van der Waals surface area contributed by atoms with E-state index in [0.29, 0.717) is 6.61 Å². The highest BCUT2D eigenvalue weighted by Crippen LogP contribution is 2.49. The molecule has 1 aliphatic rings. The SMILES string of the molecule is CN=C(NCc1ccc(NCCOC)cc1)NCC1(c2ccccc2Br)CC1.I. The van der Waals surface area contributed by atoms with Crippen LogP contribution in [0.1, 0.15) is 24.0 Å². The van der Waals surface area contributed by atoms with E-state index in [0.717, 1.165) is 31.3 Å². The predicted octanol–water partition coefficient (Wildman–Crippen LogP) is 4.52. The average molecular weight is 573 g/mol. The summed E-state index contributed by atoms with van der Waals surface area (Å²) in [6.45, 7) is 3.13. The van der Waals surface area contributed by atoms with Crippen molar-refractivity contribution < 1.29 is 4.74 Å². The van der Waals surface area contributed by atoms with Crippen LogP contribution in [0.15, 0.2) is 58.0 Å². The number of hydrogen-bond acceptors (Lipinski definition) is 3. The molecule has 0 aromatic heterocycles. The maximum Gasteiger partial charge on any atom is 0.191 e. The van der Waals surface area contributed by atoms with E-state index in [-0.39, 0.29) is 29.4 Å². The zero-order valence-corrected chi connectivity index (χ0v) is 20.9. The molecule has 0 spiro atoms. The molecule has 1 aliphatic carbocycles. The van der Waals surface area contributed by atoms with Gasteiger partial charge in [-0.3, -0.25) is 4.99 Å². The van der Waals surface area contributed by atoms with Crippen LogP contribution in [0, 0.1) is 0 Å². The number of ether oxygens (including phenoxy) is 1. The zero-order chi connectivity index (χ0) is 19.8. The molecule has 0 bridgehead atoms. The van der Waals surface area contributed by atoms with E-state index in [9.17, 15) is 0 Å². The van der Waals surface area contributed by atoms with Gasteiger partial charge in [0.05, 0.1) is 6.61 Å². The van der Waals surface area contributed by atoms with Gasteiger partial charge in [-0.05, 0) is 42.2 Å². The second kappa shape index (κ2) is 11.8. The number of rotatable bonds is 9. The van der Waals surface area contributed by atoms with Gasteiger partial charge in [-0.1, -0.05) is 46.3 Å². The molecule has 0 amide bonds. The summed E-state index contributed by atoms with van der Waals surface area (Å²) in [5, 5.41) is 10.2. The topological polar surface area (TPSA) is 57.7 Å². The van der Waals surface area contributed by atoms with E-state index in [4.69, 9.17) is 4.74 Å². The second-order valence-corrected chi connectivity index (χ2v) is 8.01. The molecule has 5 nitrogen and oxygen atoms in total. The lowest BCUT2D eigenvalue weighted by Crippen LogP contribution is -2.41. The summed E-state index contributed by atoms with van der Waals surface area (Å²) < 4.78 is 6.25. The first-order valence-corrected chi connectivity index (χ1v) is 10.5. The molecule has 0 saturated heterocycles. The third kappa shape index (κ3) is 6.86.